The minimum atomic E-state index is -0.791. The first-order valence-corrected chi connectivity index (χ1v) is 9.05. The Hall–Kier alpha value is -1.61. The summed E-state index contributed by atoms with van der Waals surface area (Å²) in [6, 6.07) is 18.8. The van der Waals surface area contributed by atoms with Crippen LogP contribution < -0.4 is 5.32 Å². The number of rotatable bonds is 7. The fourth-order valence-corrected chi connectivity index (χ4v) is 3.04. The number of nitrogens with one attached hydrogen (secondary N) is 1. The highest BCUT2D eigenvalue weighted by Crippen LogP contribution is 2.19. The second-order valence-corrected chi connectivity index (χ2v) is 6.88. The van der Waals surface area contributed by atoms with Gasteiger partial charge in [0.05, 0.1) is 0 Å². The Morgan fingerprint density at radius 1 is 1.10 bits per heavy atom. The van der Waals surface area contributed by atoms with Crippen LogP contribution >= 0.6 is 0 Å². The molecule has 0 aromatic heterocycles. The molecule has 3 heteroatoms. The summed E-state index contributed by atoms with van der Waals surface area (Å²) in [5.41, 5.74) is 3.62. The highest BCUT2D eigenvalue weighted by Gasteiger charge is 2.04. The number of benzene rings is 2. The minimum absolute atomic E-state index is 0.546. The molecule has 2 aromatic carbocycles. The van der Waals surface area contributed by atoms with Crippen LogP contribution in [-0.2, 0) is 16.6 Å². The predicted octanol–water partition coefficient (Wildman–Crippen LogP) is 4.17. The Morgan fingerprint density at radius 2 is 1.86 bits per heavy atom. The van der Waals surface area contributed by atoms with E-state index in [0.717, 1.165) is 24.2 Å². The second kappa shape index (κ2) is 7.99. The zero-order chi connectivity index (χ0) is 15.1. The summed E-state index contributed by atoms with van der Waals surface area (Å²) in [5.74, 6) is 1.17. The van der Waals surface area contributed by atoms with Crippen LogP contribution in [0.1, 0.15) is 30.4 Å². The predicted molar refractivity (Wildman–Crippen MR) is 92.2 cm³/mol. The lowest BCUT2D eigenvalue weighted by Gasteiger charge is -2.13. The standard InChI is InChI=1S/C18H23NOS/c1-15(17-8-4-3-5-9-17)11-12-19-18-10-6-7-16(13-18)14-21(2)20/h3-10,13,15,19H,11-12,14H2,1-2H3/t15-,21-/m0/s1. The quantitative estimate of drug-likeness (QED) is 0.831. The maximum Gasteiger partial charge on any atom is 0.0483 e. The van der Waals surface area contributed by atoms with Gasteiger partial charge in [-0.05, 0) is 35.6 Å². The van der Waals surface area contributed by atoms with Gasteiger partial charge in [0.2, 0.25) is 0 Å². The summed E-state index contributed by atoms with van der Waals surface area (Å²) in [7, 11) is -0.791. The summed E-state index contributed by atoms with van der Waals surface area (Å²) in [6.07, 6.45) is 2.83. The molecule has 0 bridgehead atoms. The van der Waals surface area contributed by atoms with Crippen molar-refractivity contribution in [2.45, 2.75) is 25.0 Å². The van der Waals surface area contributed by atoms with Gasteiger partial charge in [-0.25, -0.2) is 0 Å². The topological polar surface area (TPSA) is 29.1 Å². The average molecular weight is 301 g/mol. The molecule has 2 aromatic rings. The molecule has 1 N–H and O–H groups in total. The molecule has 0 spiro atoms. The molecule has 0 aliphatic rings. The molecular formula is C18H23NOS. The van der Waals surface area contributed by atoms with Gasteiger partial charge < -0.3 is 5.32 Å². The van der Waals surface area contributed by atoms with E-state index in [-0.39, 0.29) is 0 Å². The molecule has 0 saturated carbocycles. The molecule has 21 heavy (non-hydrogen) atoms. The number of hydrogen-bond donors (Lipinski definition) is 1. The van der Waals surface area contributed by atoms with Crippen LogP contribution in [0.3, 0.4) is 0 Å². The molecular weight excluding hydrogens is 278 g/mol. The molecule has 0 saturated heterocycles. The van der Waals surface area contributed by atoms with Crippen molar-refractivity contribution in [1.82, 2.24) is 0 Å². The maximum absolute atomic E-state index is 11.3. The third-order valence-corrected chi connectivity index (χ3v) is 4.31. The average Bonchev–Trinajstić information content (AvgIpc) is 2.48. The van der Waals surface area contributed by atoms with Crippen molar-refractivity contribution < 1.29 is 4.21 Å². The van der Waals surface area contributed by atoms with Crippen LogP contribution in [0.2, 0.25) is 0 Å². The fraction of sp³-hybridized carbons (Fsp3) is 0.333. The molecule has 0 amide bonds. The summed E-state index contributed by atoms with van der Waals surface area (Å²) in [4.78, 5) is 0. The Labute approximate surface area is 130 Å². The number of anilines is 1. The molecule has 2 nitrogen and oxygen atoms in total. The van der Waals surface area contributed by atoms with E-state index in [0.29, 0.717) is 11.7 Å². The van der Waals surface area contributed by atoms with Crippen LogP contribution in [0.4, 0.5) is 5.69 Å². The van der Waals surface area contributed by atoms with E-state index in [1.807, 2.05) is 12.1 Å². The fourth-order valence-electron chi connectivity index (χ4n) is 2.39. The van der Waals surface area contributed by atoms with Gasteiger partial charge in [-0.2, -0.15) is 0 Å². The molecule has 2 rings (SSSR count). The molecule has 2 atom stereocenters. The van der Waals surface area contributed by atoms with Crippen molar-refractivity contribution in [2.75, 3.05) is 18.1 Å². The van der Waals surface area contributed by atoms with Gasteiger partial charge in [0.1, 0.15) is 0 Å². The minimum Gasteiger partial charge on any atom is -0.385 e. The molecule has 0 heterocycles. The molecule has 0 unspecified atom stereocenters. The van der Waals surface area contributed by atoms with Gasteiger partial charge in [-0.15, -0.1) is 0 Å². The third kappa shape index (κ3) is 5.35. The Bertz CT molecular complexity index is 583. The van der Waals surface area contributed by atoms with Crippen LogP contribution in [0.5, 0.6) is 0 Å². The van der Waals surface area contributed by atoms with Crippen molar-refractivity contribution in [3.63, 3.8) is 0 Å². The first-order chi connectivity index (χ1) is 10.1. The summed E-state index contributed by atoms with van der Waals surface area (Å²) in [6.45, 7) is 3.20. The van der Waals surface area contributed by atoms with Crippen molar-refractivity contribution in [1.29, 1.82) is 0 Å². The van der Waals surface area contributed by atoms with Crippen molar-refractivity contribution in [3.05, 3.63) is 65.7 Å². The largest absolute Gasteiger partial charge is 0.385 e. The van der Waals surface area contributed by atoms with E-state index >= 15 is 0 Å². The van der Waals surface area contributed by atoms with Crippen molar-refractivity contribution in [3.8, 4) is 0 Å². The van der Waals surface area contributed by atoms with Gasteiger partial charge in [0.15, 0.2) is 0 Å². The highest BCUT2D eigenvalue weighted by molar-refractivity contribution is 7.83. The van der Waals surface area contributed by atoms with E-state index in [2.05, 4.69) is 54.7 Å². The van der Waals surface area contributed by atoms with Gasteiger partial charge in [0.25, 0.3) is 0 Å². The smallest absolute Gasteiger partial charge is 0.0483 e. The zero-order valence-corrected chi connectivity index (χ0v) is 13.5. The van der Waals surface area contributed by atoms with Crippen molar-refractivity contribution in [2.24, 2.45) is 0 Å². The summed E-state index contributed by atoms with van der Waals surface area (Å²) >= 11 is 0. The van der Waals surface area contributed by atoms with E-state index in [1.54, 1.807) is 6.26 Å². The van der Waals surface area contributed by atoms with Gasteiger partial charge in [0, 0.05) is 35.0 Å². The monoisotopic (exact) mass is 301 g/mol. The van der Waals surface area contributed by atoms with Gasteiger partial charge in [-0.3, -0.25) is 4.21 Å². The number of hydrogen-bond acceptors (Lipinski definition) is 2. The van der Waals surface area contributed by atoms with Gasteiger partial charge >= 0.3 is 0 Å². The normalized spacial score (nSPS) is 13.6. The van der Waals surface area contributed by atoms with E-state index in [4.69, 9.17) is 0 Å². The van der Waals surface area contributed by atoms with Crippen LogP contribution in [0.25, 0.3) is 0 Å². The molecule has 0 aliphatic carbocycles. The van der Waals surface area contributed by atoms with Crippen LogP contribution in [0.15, 0.2) is 54.6 Å². The molecule has 0 radical (unpaired) electrons. The van der Waals surface area contributed by atoms with Crippen LogP contribution in [0, 0.1) is 0 Å². The SMILES string of the molecule is C[C@@H](CCNc1cccc(C[S@](C)=O)c1)c1ccccc1. The first kappa shape index (κ1) is 15.8. The van der Waals surface area contributed by atoms with Gasteiger partial charge in [-0.1, -0.05) is 49.4 Å². The van der Waals surface area contributed by atoms with E-state index in [9.17, 15) is 4.21 Å². The Kier molecular flexibility index (Phi) is 6.00. The third-order valence-electron chi connectivity index (χ3n) is 3.57. The first-order valence-electron chi connectivity index (χ1n) is 7.33. The molecule has 0 fully saturated rings. The lowest BCUT2D eigenvalue weighted by Crippen LogP contribution is -2.06. The van der Waals surface area contributed by atoms with Crippen LogP contribution in [-0.4, -0.2) is 17.0 Å². The summed E-state index contributed by atoms with van der Waals surface area (Å²) in [5, 5.41) is 3.46. The second-order valence-electron chi connectivity index (χ2n) is 5.45. The van der Waals surface area contributed by atoms with Crippen molar-refractivity contribution >= 4 is 16.5 Å². The summed E-state index contributed by atoms with van der Waals surface area (Å²) < 4.78 is 11.3. The Morgan fingerprint density at radius 3 is 2.57 bits per heavy atom. The lowest BCUT2D eigenvalue weighted by atomic mass is 9.98. The zero-order valence-electron chi connectivity index (χ0n) is 12.7. The maximum atomic E-state index is 11.3. The van der Waals surface area contributed by atoms with E-state index < -0.39 is 10.8 Å². The lowest BCUT2D eigenvalue weighted by molar-refractivity contribution is 0.686. The molecule has 112 valence electrons. The van der Waals surface area contributed by atoms with E-state index in [1.165, 1.54) is 5.56 Å². The molecule has 0 aliphatic heterocycles. The highest BCUT2D eigenvalue weighted by atomic mass is 32.2. The Balaban J connectivity index is 1.84.